The molecule has 0 radical (unpaired) electrons. The van der Waals surface area contributed by atoms with Gasteiger partial charge in [-0.1, -0.05) is 42.0 Å². The van der Waals surface area contributed by atoms with Crippen LogP contribution in [0.25, 0.3) is 0 Å². The van der Waals surface area contributed by atoms with E-state index in [-0.39, 0.29) is 14.7 Å². The first-order valence-corrected chi connectivity index (χ1v) is 10.1. The number of allylic oxidation sites excluding steroid dienone is 1. The van der Waals surface area contributed by atoms with Crippen molar-refractivity contribution in [3.63, 3.8) is 0 Å². The molecule has 0 bridgehead atoms. The maximum absolute atomic E-state index is 12.8. The van der Waals surface area contributed by atoms with Crippen LogP contribution in [0.1, 0.15) is 13.8 Å². The minimum absolute atomic E-state index is 0.0763. The Kier molecular flexibility index (Phi) is 5.06. The molecule has 2 aromatic rings. The first-order valence-electron chi connectivity index (χ1n) is 6.99. The van der Waals surface area contributed by atoms with Crippen LogP contribution in [-0.2, 0) is 19.7 Å². The van der Waals surface area contributed by atoms with Gasteiger partial charge in [0.25, 0.3) is 0 Å². The highest BCUT2D eigenvalue weighted by molar-refractivity contribution is 7.98. The lowest BCUT2D eigenvalue weighted by molar-refractivity contribution is 0.592. The third kappa shape index (κ3) is 3.89. The smallest absolute Gasteiger partial charge is 0.203 e. The summed E-state index contributed by atoms with van der Waals surface area (Å²) in [6.45, 7) is 3.21. The van der Waals surface area contributed by atoms with Crippen LogP contribution in [-0.4, -0.2) is 22.6 Å². The summed E-state index contributed by atoms with van der Waals surface area (Å²) in [4.78, 5) is 0.133. The average Bonchev–Trinajstić information content (AvgIpc) is 2.54. The van der Waals surface area contributed by atoms with E-state index in [9.17, 15) is 16.8 Å². The van der Waals surface area contributed by atoms with Gasteiger partial charge in [-0.25, -0.2) is 16.8 Å². The van der Waals surface area contributed by atoms with Crippen molar-refractivity contribution >= 4 is 19.7 Å². The second kappa shape index (κ2) is 6.68. The first-order chi connectivity index (χ1) is 10.7. The maximum Gasteiger partial charge on any atom is 0.203 e. The van der Waals surface area contributed by atoms with E-state index in [4.69, 9.17) is 0 Å². The lowest BCUT2D eigenvalue weighted by atomic mass is 10.3. The fourth-order valence-electron chi connectivity index (χ4n) is 2.12. The molecule has 2 aromatic carbocycles. The topological polar surface area (TPSA) is 68.3 Å². The number of hydrogen-bond donors (Lipinski definition) is 0. The second-order valence-corrected chi connectivity index (χ2v) is 9.27. The summed E-state index contributed by atoms with van der Waals surface area (Å²) in [6, 6.07) is 15.7. The molecule has 0 N–H and O–H groups in total. The molecule has 0 aliphatic rings. The highest BCUT2D eigenvalue weighted by Crippen LogP contribution is 2.25. The van der Waals surface area contributed by atoms with E-state index >= 15 is 0 Å². The molecule has 0 heterocycles. The van der Waals surface area contributed by atoms with E-state index in [1.165, 1.54) is 24.3 Å². The number of rotatable bonds is 5. The quantitative estimate of drug-likeness (QED) is 0.830. The number of benzene rings is 2. The van der Waals surface area contributed by atoms with Crippen molar-refractivity contribution in [3.8, 4) is 0 Å². The van der Waals surface area contributed by atoms with Gasteiger partial charge in [-0.2, -0.15) is 0 Å². The predicted molar refractivity (Wildman–Crippen MR) is 90.5 cm³/mol. The Morgan fingerprint density at radius 1 is 0.739 bits per heavy atom. The molecule has 122 valence electrons. The summed E-state index contributed by atoms with van der Waals surface area (Å²) in [7, 11) is -7.57. The van der Waals surface area contributed by atoms with Gasteiger partial charge in [-0.3, -0.25) is 0 Å². The zero-order chi connectivity index (χ0) is 17.1. The van der Waals surface area contributed by atoms with Crippen LogP contribution in [0.2, 0.25) is 0 Å². The van der Waals surface area contributed by atoms with E-state index in [2.05, 4.69) is 0 Å². The Labute approximate surface area is 137 Å². The normalized spacial score (nSPS) is 11.9. The molecule has 0 fully saturated rings. The Morgan fingerprint density at radius 3 is 1.61 bits per heavy atom. The van der Waals surface area contributed by atoms with Gasteiger partial charge in [0.2, 0.25) is 9.84 Å². The Morgan fingerprint density at radius 2 is 1.17 bits per heavy atom. The van der Waals surface area contributed by atoms with Crippen molar-refractivity contribution in [1.29, 1.82) is 0 Å². The van der Waals surface area contributed by atoms with Gasteiger partial charge in [0, 0.05) is 0 Å². The predicted octanol–water partition coefficient (Wildman–Crippen LogP) is 3.23. The number of hydrogen-bond acceptors (Lipinski definition) is 4. The summed E-state index contributed by atoms with van der Waals surface area (Å²) in [5.41, 5.74) is 0.466. The summed E-state index contributed by atoms with van der Waals surface area (Å²) < 4.78 is 50.6. The highest BCUT2D eigenvalue weighted by Gasteiger charge is 2.27. The first kappa shape index (κ1) is 17.4. The molecule has 0 amide bonds. The third-order valence-electron chi connectivity index (χ3n) is 3.36. The lowest BCUT2D eigenvalue weighted by Crippen LogP contribution is -2.17. The van der Waals surface area contributed by atoms with Crippen molar-refractivity contribution in [2.45, 2.75) is 23.6 Å². The molecule has 0 spiro atoms. The van der Waals surface area contributed by atoms with Crippen LogP contribution >= 0.6 is 0 Å². The standard InChI is InChI=1S/C17H18O4S2/c1-14(2)17(23(20,21)16-11-7-4-8-12-16)13-22(18,19)15-9-5-3-6-10-15/h3-12H,13H2,1-2H3. The molecule has 0 saturated heterocycles. The fraction of sp³-hybridized carbons (Fsp3) is 0.176. The molecule has 2 rings (SSSR count). The van der Waals surface area contributed by atoms with Crippen LogP contribution in [0, 0.1) is 0 Å². The molecule has 23 heavy (non-hydrogen) atoms. The summed E-state index contributed by atoms with van der Waals surface area (Å²) in [5.74, 6) is -0.545. The zero-order valence-corrected chi connectivity index (χ0v) is 14.6. The van der Waals surface area contributed by atoms with Gasteiger partial charge in [-0.05, 0) is 38.1 Å². The fourth-order valence-corrected chi connectivity index (χ4v) is 5.91. The van der Waals surface area contributed by atoms with Gasteiger partial charge < -0.3 is 0 Å². The minimum atomic E-state index is -3.84. The highest BCUT2D eigenvalue weighted by atomic mass is 32.2. The molecule has 0 aliphatic heterocycles. The van der Waals surface area contributed by atoms with E-state index in [1.54, 1.807) is 50.2 Å². The van der Waals surface area contributed by atoms with Crippen molar-refractivity contribution in [2.24, 2.45) is 0 Å². The molecule has 4 nitrogen and oxygen atoms in total. The van der Waals surface area contributed by atoms with Crippen molar-refractivity contribution in [3.05, 3.63) is 71.1 Å². The number of sulfone groups is 2. The maximum atomic E-state index is 12.8. The van der Waals surface area contributed by atoms with Crippen LogP contribution in [0.4, 0.5) is 0 Å². The van der Waals surface area contributed by atoms with E-state index in [1.807, 2.05) is 0 Å². The van der Waals surface area contributed by atoms with Crippen molar-refractivity contribution in [2.75, 3.05) is 5.75 Å². The summed E-state index contributed by atoms with van der Waals surface area (Å²) in [6.07, 6.45) is 0. The summed E-state index contributed by atoms with van der Waals surface area (Å²) >= 11 is 0. The Balaban J connectivity index is 2.49. The molecule has 0 atom stereocenters. The van der Waals surface area contributed by atoms with Crippen LogP contribution in [0.5, 0.6) is 0 Å². The molecule has 0 aliphatic carbocycles. The van der Waals surface area contributed by atoms with Gasteiger partial charge in [0.05, 0.1) is 20.4 Å². The van der Waals surface area contributed by atoms with Gasteiger partial charge in [-0.15, -0.1) is 0 Å². The molecule has 0 saturated carbocycles. The third-order valence-corrected chi connectivity index (χ3v) is 7.29. The molecule has 0 unspecified atom stereocenters. The molecular weight excluding hydrogens is 332 g/mol. The molecule has 6 heteroatoms. The van der Waals surface area contributed by atoms with Crippen molar-refractivity contribution in [1.82, 2.24) is 0 Å². The van der Waals surface area contributed by atoms with Gasteiger partial charge >= 0.3 is 0 Å². The van der Waals surface area contributed by atoms with E-state index in [0.29, 0.717) is 5.57 Å². The van der Waals surface area contributed by atoms with Crippen LogP contribution in [0.3, 0.4) is 0 Å². The average molecular weight is 350 g/mol. The Bertz CT molecular complexity index is 907. The van der Waals surface area contributed by atoms with Crippen molar-refractivity contribution < 1.29 is 16.8 Å². The second-order valence-electron chi connectivity index (χ2n) is 5.31. The minimum Gasteiger partial charge on any atom is -0.223 e. The van der Waals surface area contributed by atoms with E-state index < -0.39 is 25.4 Å². The van der Waals surface area contributed by atoms with Gasteiger partial charge in [0.1, 0.15) is 0 Å². The van der Waals surface area contributed by atoms with E-state index in [0.717, 1.165) is 0 Å². The SMILES string of the molecule is CC(C)=C(CS(=O)(=O)c1ccccc1)S(=O)(=O)c1ccccc1. The largest absolute Gasteiger partial charge is 0.223 e. The Hall–Kier alpha value is -1.92. The van der Waals surface area contributed by atoms with Crippen LogP contribution < -0.4 is 0 Å². The van der Waals surface area contributed by atoms with Gasteiger partial charge in [0.15, 0.2) is 9.84 Å². The molecule has 0 aromatic heterocycles. The lowest BCUT2D eigenvalue weighted by Gasteiger charge is -2.12. The zero-order valence-electron chi connectivity index (χ0n) is 12.9. The molecular formula is C17H18O4S2. The summed E-state index contributed by atoms with van der Waals surface area (Å²) in [5, 5.41) is 0. The van der Waals surface area contributed by atoms with Crippen LogP contribution in [0.15, 0.2) is 80.9 Å². The monoisotopic (exact) mass is 350 g/mol.